The van der Waals surface area contributed by atoms with Crippen LogP contribution >= 0.6 is 0 Å². The topological polar surface area (TPSA) is 66.9 Å². The van der Waals surface area contributed by atoms with E-state index in [9.17, 15) is 4.79 Å². The molecule has 0 spiro atoms. The van der Waals surface area contributed by atoms with E-state index >= 15 is 0 Å². The number of amides is 1. The van der Waals surface area contributed by atoms with Crippen molar-refractivity contribution in [3.05, 3.63) is 59.8 Å². The van der Waals surface area contributed by atoms with Crippen LogP contribution < -0.4 is 10.6 Å². The zero-order valence-corrected chi connectivity index (χ0v) is 12.2. The number of aryl methyl sites for hydroxylation is 2. The minimum atomic E-state index is -0.275. The van der Waals surface area contributed by atoms with Crippen LogP contribution in [0.4, 0.5) is 11.5 Å². The van der Waals surface area contributed by atoms with Gasteiger partial charge in [-0.3, -0.25) is 4.79 Å². The minimum Gasteiger partial charge on any atom is -0.365 e. The smallest absolute Gasteiger partial charge is 0.276 e. The largest absolute Gasteiger partial charge is 0.365 e. The summed E-state index contributed by atoms with van der Waals surface area (Å²) in [4.78, 5) is 12.1. The number of benzene rings is 1. The van der Waals surface area contributed by atoms with Crippen LogP contribution in [-0.2, 0) is 0 Å². The van der Waals surface area contributed by atoms with Gasteiger partial charge in [0.2, 0.25) is 0 Å². The molecular formula is C16H18N4O. The highest BCUT2D eigenvalue weighted by Crippen LogP contribution is 2.14. The third-order valence-corrected chi connectivity index (χ3v) is 2.80. The fourth-order valence-electron chi connectivity index (χ4n) is 1.97. The molecule has 0 aliphatic rings. The number of nitrogens with zero attached hydrogens (tertiary/aromatic N) is 2. The maximum atomic E-state index is 12.1. The van der Waals surface area contributed by atoms with E-state index in [2.05, 4.69) is 33.5 Å². The molecule has 1 amide bonds. The van der Waals surface area contributed by atoms with Crippen LogP contribution in [0.5, 0.6) is 0 Å². The summed E-state index contributed by atoms with van der Waals surface area (Å²) in [5.41, 5.74) is 3.23. The number of nitrogens with one attached hydrogen (secondary N) is 2. The summed E-state index contributed by atoms with van der Waals surface area (Å²) in [6.07, 6.45) is 1.72. The van der Waals surface area contributed by atoms with Crippen molar-refractivity contribution in [2.45, 2.75) is 13.8 Å². The van der Waals surface area contributed by atoms with Gasteiger partial charge in [0.25, 0.3) is 5.91 Å². The number of aromatic nitrogens is 2. The summed E-state index contributed by atoms with van der Waals surface area (Å²) < 4.78 is 0. The zero-order valence-electron chi connectivity index (χ0n) is 12.2. The van der Waals surface area contributed by atoms with Crippen LogP contribution in [0.1, 0.15) is 21.6 Å². The highest BCUT2D eigenvalue weighted by atomic mass is 16.1. The zero-order chi connectivity index (χ0) is 15.2. The lowest BCUT2D eigenvalue weighted by Crippen LogP contribution is -2.15. The number of carbonyl (C=O) groups excluding carboxylic acids is 1. The Hall–Kier alpha value is -2.69. The highest BCUT2D eigenvalue weighted by Gasteiger charge is 2.09. The Morgan fingerprint density at radius 2 is 1.90 bits per heavy atom. The van der Waals surface area contributed by atoms with Gasteiger partial charge >= 0.3 is 0 Å². The molecular weight excluding hydrogens is 264 g/mol. The van der Waals surface area contributed by atoms with Gasteiger partial charge in [0.1, 0.15) is 5.82 Å². The summed E-state index contributed by atoms with van der Waals surface area (Å²) in [6.45, 7) is 8.18. The molecule has 1 heterocycles. The normalized spacial score (nSPS) is 10.0. The molecule has 0 saturated carbocycles. The van der Waals surface area contributed by atoms with Crippen LogP contribution in [0.15, 0.2) is 43.0 Å². The van der Waals surface area contributed by atoms with E-state index in [4.69, 9.17) is 0 Å². The standard InChI is InChI=1S/C16H18N4O/c1-4-7-17-15-6-5-14(19-20-15)16(21)18-13-9-11(2)8-12(3)10-13/h4-6,8-10H,1,7H2,2-3H3,(H,17,20)(H,18,21). The van der Waals surface area contributed by atoms with Gasteiger partial charge in [-0.05, 0) is 49.2 Å². The Balaban J connectivity index is 2.07. The molecule has 0 saturated heterocycles. The van der Waals surface area contributed by atoms with Gasteiger partial charge in [-0.15, -0.1) is 16.8 Å². The van der Waals surface area contributed by atoms with E-state index in [0.717, 1.165) is 16.8 Å². The molecule has 5 heteroatoms. The lowest BCUT2D eigenvalue weighted by molar-refractivity contribution is 0.102. The first-order chi connectivity index (χ1) is 10.1. The molecule has 0 aliphatic heterocycles. The molecule has 5 nitrogen and oxygen atoms in total. The number of carbonyl (C=O) groups is 1. The molecule has 0 aliphatic carbocycles. The van der Waals surface area contributed by atoms with Crippen molar-refractivity contribution in [1.29, 1.82) is 0 Å². The Bertz CT molecular complexity index is 630. The summed E-state index contributed by atoms with van der Waals surface area (Å²) >= 11 is 0. The predicted molar refractivity (Wildman–Crippen MR) is 84.6 cm³/mol. The maximum Gasteiger partial charge on any atom is 0.276 e. The molecule has 2 rings (SSSR count). The van der Waals surface area contributed by atoms with Crippen LogP contribution in [-0.4, -0.2) is 22.6 Å². The average Bonchev–Trinajstić information content (AvgIpc) is 2.44. The summed E-state index contributed by atoms with van der Waals surface area (Å²) in [7, 11) is 0. The fourth-order valence-corrected chi connectivity index (χ4v) is 1.97. The van der Waals surface area contributed by atoms with Gasteiger partial charge < -0.3 is 10.6 Å². The first-order valence-corrected chi connectivity index (χ1v) is 6.66. The van der Waals surface area contributed by atoms with Crippen molar-refractivity contribution in [2.24, 2.45) is 0 Å². The summed E-state index contributed by atoms with van der Waals surface area (Å²) in [5.74, 6) is 0.334. The molecule has 1 aromatic carbocycles. The quantitative estimate of drug-likeness (QED) is 0.827. The number of anilines is 2. The van der Waals surface area contributed by atoms with Gasteiger partial charge in [0, 0.05) is 12.2 Å². The van der Waals surface area contributed by atoms with E-state index in [-0.39, 0.29) is 11.6 Å². The molecule has 1 aromatic heterocycles. The molecule has 0 fully saturated rings. The minimum absolute atomic E-state index is 0.275. The van der Waals surface area contributed by atoms with Crippen LogP contribution in [0.25, 0.3) is 0 Å². The van der Waals surface area contributed by atoms with Crippen LogP contribution in [0, 0.1) is 13.8 Å². The van der Waals surface area contributed by atoms with E-state index in [1.54, 1.807) is 18.2 Å². The van der Waals surface area contributed by atoms with Crippen molar-refractivity contribution in [2.75, 3.05) is 17.2 Å². The molecule has 2 aromatic rings. The molecule has 0 radical (unpaired) electrons. The second-order valence-corrected chi connectivity index (χ2v) is 4.80. The van der Waals surface area contributed by atoms with Crippen LogP contribution in [0.3, 0.4) is 0 Å². The molecule has 21 heavy (non-hydrogen) atoms. The monoisotopic (exact) mass is 282 g/mol. The van der Waals surface area contributed by atoms with Gasteiger partial charge in [-0.2, -0.15) is 0 Å². The first-order valence-electron chi connectivity index (χ1n) is 6.66. The van der Waals surface area contributed by atoms with E-state index in [1.807, 2.05) is 26.0 Å². The van der Waals surface area contributed by atoms with Gasteiger partial charge in [-0.1, -0.05) is 12.1 Å². The molecule has 108 valence electrons. The molecule has 2 N–H and O–H groups in total. The third-order valence-electron chi connectivity index (χ3n) is 2.80. The van der Waals surface area contributed by atoms with Crippen molar-refractivity contribution in [3.63, 3.8) is 0 Å². The summed E-state index contributed by atoms with van der Waals surface area (Å²) in [5, 5.41) is 13.7. The molecule has 0 atom stereocenters. The maximum absolute atomic E-state index is 12.1. The van der Waals surface area contributed by atoms with Crippen molar-refractivity contribution >= 4 is 17.4 Å². The third kappa shape index (κ3) is 4.14. The Kier molecular flexibility index (Phi) is 4.66. The van der Waals surface area contributed by atoms with E-state index in [0.29, 0.717) is 12.4 Å². The Morgan fingerprint density at radius 1 is 1.19 bits per heavy atom. The van der Waals surface area contributed by atoms with Crippen LogP contribution in [0.2, 0.25) is 0 Å². The number of hydrogen-bond donors (Lipinski definition) is 2. The molecule has 0 unspecified atom stereocenters. The highest BCUT2D eigenvalue weighted by molar-refractivity contribution is 6.02. The Morgan fingerprint density at radius 3 is 2.48 bits per heavy atom. The first kappa shape index (κ1) is 14.7. The number of rotatable bonds is 5. The van der Waals surface area contributed by atoms with Gasteiger partial charge in [0.15, 0.2) is 5.69 Å². The second-order valence-electron chi connectivity index (χ2n) is 4.80. The lowest BCUT2D eigenvalue weighted by atomic mass is 10.1. The number of hydrogen-bond acceptors (Lipinski definition) is 4. The predicted octanol–water partition coefficient (Wildman–Crippen LogP) is 2.94. The SMILES string of the molecule is C=CCNc1ccc(C(=O)Nc2cc(C)cc(C)c2)nn1. The fraction of sp³-hybridized carbons (Fsp3) is 0.188. The molecule has 0 bridgehead atoms. The lowest BCUT2D eigenvalue weighted by Gasteiger charge is -2.07. The van der Waals surface area contributed by atoms with Crippen molar-refractivity contribution in [1.82, 2.24) is 10.2 Å². The second kappa shape index (κ2) is 6.65. The Labute approximate surface area is 124 Å². The van der Waals surface area contributed by atoms with Gasteiger partial charge in [0.05, 0.1) is 0 Å². The average molecular weight is 282 g/mol. The summed E-state index contributed by atoms with van der Waals surface area (Å²) in [6, 6.07) is 9.23. The van der Waals surface area contributed by atoms with E-state index in [1.165, 1.54) is 0 Å². The van der Waals surface area contributed by atoms with E-state index < -0.39 is 0 Å². The van der Waals surface area contributed by atoms with Crippen molar-refractivity contribution in [3.8, 4) is 0 Å². The van der Waals surface area contributed by atoms with Gasteiger partial charge in [-0.25, -0.2) is 0 Å². The van der Waals surface area contributed by atoms with Crippen molar-refractivity contribution < 1.29 is 4.79 Å².